The standard InChI is InChI=1S/C27H23FN2O5/c1-3-18-8-5-7-11-22(18)30-26(32)20(25(31)29-27(30)33)14-17-12-13-23(24(15-17)34-2)35-16-19-9-4-6-10-21(19)28/h4-15H,3,16H2,1-2H3,(H,29,31,33)/b20-14-. The first-order valence-corrected chi connectivity index (χ1v) is 11.0. The first-order valence-electron chi connectivity index (χ1n) is 11.0. The van der Waals surface area contributed by atoms with Crippen LogP contribution in [-0.4, -0.2) is 25.0 Å². The van der Waals surface area contributed by atoms with Crippen LogP contribution in [0, 0.1) is 5.82 Å². The predicted molar refractivity (Wildman–Crippen MR) is 129 cm³/mol. The number of hydrogen-bond acceptors (Lipinski definition) is 5. The van der Waals surface area contributed by atoms with Crippen LogP contribution in [0.4, 0.5) is 14.9 Å². The Kier molecular flexibility index (Phi) is 6.91. The van der Waals surface area contributed by atoms with E-state index in [-0.39, 0.29) is 18.0 Å². The molecule has 0 aromatic heterocycles. The number of nitrogens with one attached hydrogen (secondary N) is 1. The molecule has 0 saturated carbocycles. The van der Waals surface area contributed by atoms with Gasteiger partial charge in [0.15, 0.2) is 11.5 Å². The summed E-state index contributed by atoms with van der Waals surface area (Å²) in [6.45, 7) is 1.91. The van der Waals surface area contributed by atoms with E-state index in [9.17, 15) is 18.8 Å². The molecule has 0 aliphatic carbocycles. The van der Waals surface area contributed by atoms with Gasteiger partial charge in [-0.2, -0.15) is 0 Å². The van der Waals surface area contributed by atoms with Crippen molar-refractivity contribution in [2.75, 3.05) is 12.0 Å². The summed E-state index contributed by atoms with van der Waals surface area (Å²) in [6, 6.07) is 17.3. The molecule has 4 rings (SSSR count). The van der Waals surface area contributed by atoms with Crippen molar-refractivity contribution in [3.8, 4) is 11.5 Å². The van der Waals surface area contributed by atoms with Crippen LogP contribution < -0.4 is 19.7 Å². The van der Waals surface area contributed by atoms with Crippen molar-refractivity contribution in [2.24, 2.45) is 0 Å². The van der Waals surface area contributed by atoms with E-state index in [4.69, 9.17) is 9.47 Å². The molecule has 3 aromatic rings. The Hall–Kier alpha value is -4.46. The molecule has 3 aromatic carbocycles. The van der Waals surface area contributed by atoms with Crippen molar-refractivity contribution < 1.29 is 28.2 Å². The monoisotopic (exact) mass is 474 g/mol. The highest BCUT2D eigenvalue weighted by Gasteiger charge is 2.37. The van der Waals surface area contributed by atoms with Gasteiger partial charge in [0.2, 0.25) is 0 Å². The lowest BCUT2D eigenvalue weighted by molar-refractivity contribution is -0.122. The molecule has 1 heterocycles. The van der Waals surface area contributed by atoms with Crippen LogP contribution in [0.1, 0.15) is 23.6 Å². The van der Waals surface area contributed by atoms with E-state index in [1.807, 2.05) is 19.1 Å². The zero-order valence-electron chi connectivity index (χ0n) is 19.2. The van der Waals surface area contributed by atoms with Crippen molar-refractivity contribution in [2.45, 2.75) is 20.0 Å². The molecule has 1 fully saturated rings. The Morgan fingerprint density at radius 2 is 1.66 bits per heavy atom. The van der Waals surface area contributed by atoms with Crippen LogP contribution in [0.2, 0.25) is 0 Å². The number of methoxy groups -OCH3 is 1. The number of hydrogen-bond donors (Lipinski definition) is 1. The number of carbonyl (C=O) groups is 3. The van der Waals surface area contributed by atoms with Gasteiger partial charge in [-0.1, -0.05) is 49.4 Å². The number of ether oxygens (including phenoxy) is 2. The number of rotatable bonds is 7. The highest BCUT2D eigenvalue weighted by Crippen LogP contribution is 2.31. The molecule has 0 spiro atoms. The zero-order chi connectivity index (χ0) is 24.9. The molecule has 178 valence electrons. The Labute approximate surface area is 201 Å². The first kappa shape index (κ1) is 23.7. The minimum absolute atomic E-state index is 0.00172. The Morgan fingerprint density at radius 3 is 2.37 bits per heavy atom. The van der Waals surface area contributed by atoms with Gasteiger partial charge in [0.05, 0.1) is 12.8 Å². The lowest BCUT2D eigenvalue weighted by Gasteiger charge is -2.28. The summed E-state index contributed by atoms with van der Waals surface area (Å²) in [5.74, 6) is -1.18. The normalized spacial score (nSPS) is 14.8. The number of imide groups is 2. The first-order chi connectivity index (χ1) is 16.9. The van der Waals surface area contributed by atoms with E-state index in [1.54, 1.807) is 48.5 Å². The molecular weight excluding hydrogens is 451 g/mol. The molecule has 35 heavy (non-hydrogen) atoms. The van der Waals surface area contributed by atoms with Crippen LogP contribution in [0.25, 0.3) is 6.08 Å². The molecule has 1 aliphatic heterocycles. The summed E-state index contributed by atoms with van der Waals surface area (Å²) in [4.78, 5) is 39.2. The second-order valence-electron chi connectivity index (χ2n) is 7.73. The van der Waals surface area contributed by atoms with Crippen LogP contribution >= 0.6 is 0 Å². The molecule has 0 atom stereocenters. The molecular formula is C27H23FN2O5. The Bertz CT molecular complexity index is 1330. The second kappa shape index (κ2) is 10.2. The van der Waals surface area contributed by atoms with Crippen LogP contribution in [0.15, 0.2) is 72.3 Å². The van der Waals surface area contributed by atoms with Gasteiger partial charge in [-0.05, 0) is 47.9 Å². The number of barbiturate groups is 1. The Morgan fingerprint density at radius 1 is 0.943 bits per heavy atom. The number of para-hydroxylation sites is 1. The lowest BCUT2D eigenvalue weighted by atomic mass is 10.0. The molecule has 0 radical (unpaired) electrons. The molecule has 1 N–H and O–H groups in total. The number of benzene rings is 3. The van der Waals surface area contributed by atoms with Gasteiger partial charge in [-0.3, -0.25) is 14.9 Å². The average molecular weight is 474 g/mol. The number of urea groups is 1. The van der Waals surface area contributed by atoms with Crippen molar-refractivity contribution in [1.29, 1.82) is 0 Å². The smallest absolute Gasteiger partial charge is 0.335 e. The van der Waals surface area contributed by atoms with Gasteiger partial charge in [0, 0.05) is 5.56 Å². The van der Waals surface area contributed by atoms with Crippen molar-refractivity contribution in [1.82, 2.24) is 5.32 Å². The maximum atomic E-state index is 13.9. The van der Waals surface area contributed by atoms with Gasteiger partial charge in [0.1, 0.15) is 18.0 Å². The van der Waals surface area contributed by atoms with Crippen LogP contribution in [0.5, 0.6) is 11.5 Å². The van der Waals surface area contributed by atoms with E-state index in [0.29, 0.717) is 34.7 Å². The van der Waals surface area contributed by atoms with Crippen molar-refractivity contribution >= 4 is 29.6 Å². The summed E-state index contributed by atoms with van der Waals surface area (Å²) in [5.41, 5.74) is 1.89. The SMILES string of the molecule is CCc1ccccc1N1C(=O)NC(=O)/C(=C/c2ccc(OCc3ccccc3F)c(OC)c2)C1=O. The summed E-state index contributed by atoms with van der Waals surface area (Å²) in [7, 11) is 1.45. The molecule has 1 aliphatic rings. The average Bonchev–Trinajstić information content (AvgIpc) is 2.86. The van der Waals surface area contributed by atoms with E-state index in [0.717, 1.165) is 10.5 Å². The Balaban J connectivity index is 1.62. The number of amides is 4. The third-order valence-corrected chi connectivity index (χ3v) is 5.55. The topological polar surface area (TPSA) is 84.9 Å². The van der Waals surface area contributed by atoms with Crippen LogP contribution in [-0.2, 0) is 22.6 Å². The van der Waals surface area contributed by atoms with Crippen molar-refractivity contribution in [3.63, 3.8) is 0 Å². The number of halogens is 1. The summed E-state index contributed by atoms with van der Waals surface area (Å²) in [5, 5.41) is 2.23. The van der Waals surface area contributed by atoms with Gasteiger partial charge < -0.3 is 9.47 Å². The maximum absolute atomic E-state index is 13.9. The molecule has 0 unspecified atom stereocenters. The largest absolute Gasteiger partial charge is 0.493 e. The number of carbonyl (C=O) groups excluding carboxylic acids is 3. The minimum Gasteiger partial charge on any atom is -0.493 e. The molecule has 4 amide bonds. The molecule has 8 heteroatoms. The minimum atomic E-state index is -0.799. The fourth-order valence-corrected chi connectivity index (χ4v) is 3.74. The molecule has 1 saturated heterocycles. The van der Waals surface area contributed by atoms with E-state index in [2.05, 4.69) is 5.32 Å². The van der Waals surface area contributed by atoms with E-state index >= 15 is 0 Å². The van der Waals surface area contributed by atoms with Crippen molar-refractivity contribution in [3.05, 3.63) is 94.8 Å². The predicted octanol–water partition coefficient (Wildman–Crippen LogP) is 4.64. The highest BCUT2D eigenvalue weighted by molar-refractivity contribution is 6.39. The van der Waals surface area contributed by atoms with Gasteiger partial charge in [0.25, 0.3) is 11.8 Å². The fraction of sp³-hybridized carbons (Fsp3) is 0.148. The third kappa shape index (κ3) is 4.91. The summed E-state index contributed by atoms with van der Waals surface area (Å²) < 4.78 is 25.0. The third-order valence-electron chi connectivity index (χ3n) is 5.55. The molecule has 7 nitrogen and oxygen atoms in total. The number of nitrogens with zero attached hydrogens (tertiary/aromatic N) is 1. The van der Waals surface area contributed by atoms with E-state index < -0.39 is 17.8 Å². The van der Waals surface area contributed by atoms with Gasteiger partial charge in [-0.25, -0.2) is 14.1 Å². The highest BCUT2D eigenvalue weighted by atomic mass is 19.1. The fourth-order valence-electron chi connectivity index (χ4n) is 3.74. The second-order valence-corrected chi connectivity index (χ2v) is 7.73. The molecule has 0 bridgehead atoms. The number of aryl methyl sites for hydroxylation is 1. The van der Waals surface area contributed by atoms with Crippen LogP contribution in [0.3, 0.4) is 0 Å². The maximum Gasteiger partial charge on any atom is 0.335 e. The summed E-state index contributed by atoms with van der Waals surface area (Å²) in [6.07, 6.45) is 1.99. The quantitative estimate of drug-likeness (QED) is 0.398. The summed E-state index contributed by atoms with van der Waals surface area (Å²) >= 11 is 0. The zero-order valence-corrected chi connectivity index (χ0v) is 19.2. The van der Waals surface area contributed by atoms with Gasteiger partial charge >= 0.3 is 6.03 Å². The van der Waals surface area contributed by atoms with Gasteiger partial charge in [-0.15, -0.1) is 0 Å². The lowest BCUT2D eigenvalue weighted by Crippen LogP contribution is -2.54. The van der Waals surface area contributed by atoms with E-state index in [1.165, 1.54) is 19.3 Å². The number of anilines is 1.